The number of hydrogen-bond donors (Lipinski definition) is 1. The largest absolute Gasteiger partial charge is 0.496 e. The van der Waals surface area contributed by atoms with Crippen molar-refractivity contribution in [2.45, 2.75) is 12.8 Å². The summed E-state index contributed by atoms with van der Waals surface area (Å²) in [6.07, 6.45) is 9.80. The number of aldehydes is 1. The molecule has 1 N–H and O–H groups in total. The monoisotopic (exact) mass is 277 g/mol. The third-order valence-electron chi connectivity index (χ3n) is 2.43. The van der Waals surface area contributed by atoms with E-state index >= 15 is 0 Å². The topological polar surface area (TPSA) is 64.6 Å². The molecule has 5 heteroatoms. The normalized spacial score (nSPS) is 8.80. The second kappa shape index (κ2) is 10.4. The van der Waals surface area contributed by atoms with Crippen molar-refractivity contribution >= 4 is 12.2 Å². The number of ether oxygens (including phenoxy) is 2. The molecule has 0 aliphatic carbocycles. The number of nitrogens with one attached hydrogen (secondary N) is 1. The predicted molar refractivity (Wildman–Crippen MR) is 77.1 cm³/mol. The molecule has 0 aromatic heterocycles. The summed E-state index contributed by atoms with van der Waals surface area (Å²) >= 11 is 0. The van der Waals surface area contributed by atoms with Crippen LogP contribution >= 0.6 is 0 Å². The lowest BCUT2D eigenvalue weighted by molar-refractivity contribution is -0.120. The number of methoxy groups -OCH3 is 1. The third kappa shape index (κ3) is 5.91. The van der Waals surface area contributed by atoms with Crippen molar-refractivity contribution < 1.29 is 19.1 Å². The average molecular weight is 277 g/mol. The number of amides is 1. The highest BCUT2D eigenvalue weighted by atomic mass is 16.5. The van der Waals surface area contributed by atoms with Gasteiger partial charge in [-0.15, -0.1) is 12.8 Å². The predicted octanol–water partition coefficient (Wildman–Crippen LogP) is 1.66. The van der Waals surface area contributed by atoms with E-state index < -0.39 is 0 Å². The lowest BCUT2D eigenvalue weighted by atomic mass is 10.2. The first kappa shape index (κ1) is 17.5. The van der Waals surface area contributed by atoms with E-state index in [-0.39, 0.29) is 5.91 Å². The molecule has 0 spiro atoms. The van der Waals surface area contributed by atoms with Gasteiger partial charge in [-0.2, -0.15) is 0 Å². The molecule has 5 nitrogen and oxygen atoms in total. The van der Waals surface area contributed by atoms with Crippen molar-refractivity contribution in [1.29, 1.82) is 0 Å². The number of hydrogen-bond acceptors (Lipinski definition) is 4. The van der Waals surface area contributed by atoms with Crippen LogP contribution in [0.15, 0.2) is 18.2 Å². The van der Waals surface area contributed by atoms with E-state index in [2.05, 4.69) is 18.2 Å². The Morgan fingerprint density at radius 1 is 1.40 bits per heavy atom. The quantitative estimate of drug-likeness (QED) is 0.468. The molecule has 0 saturated heterocycles. The molecule has 0 saturated carbocycles. The van der Waals surface area contributed by atoms with Crippen LogP contribution in [0.4, 0.5) is 0 Å². The van der Waals surface area contributed by atoms with Crippen LogP contribution in [0.3, 0.4) is 0 Å². The minimum Gasteiger partial charge on any atom is -0.496 e. The molecule has 20 heavy (non-hydrogen) atoms. The molecular weight excluding hydrogens is 258 g/mol. The molecule has 1 rings (SSSR count). The van der Waals surface area contributed by atoms with Crippen LogP contribution in [0.25, 0.3) is 0 Å². The Hall–Kier alpha value is -2.48. The molecule has 0 fully saturated rings. The Labute approximate surface area is 119 Å². The Balaban J connectivity index is 0.00000172. The molecule has 0 aliphatic rings. The van der Waals surface area contributed by atoms with Crippen molar-refractivity contribution in [3.8, 4) is 24.3 Å². The van der Waals surface area contributed by atoms with Crippen LogP contribution in [0.5, 0.6) is 11.5 Å². The van der Waals surface area contributed by atoms with Crippen molar-refractivity contribution in [2.75, 3.05) is 20.8 Å². The van der Waals surface area contributed by atoms with E-state index in [1.165, 1.54) is 7.11 Å². The van der Waals surface area contributed by atoms with Crippen LogP contribution in [0.1, 0.15) is 23.2 Å². The fourth-order valence-corrected chi connectivity index (χ4v) is 1.43. The van der Waals surface area contributed by atoms with Gasteiger partial charge < -0.3 is 14.8 Å². The van der Waals surface area contributed by atoms with Gasteiger partial charge in [0.05, 0.1) is 19.3 Å². The van der Waals surface area contributed by atoms with Gasteiger partial charge in [0, 0.05) is 19.5 Å². The molecule has 0 unspecified atom stereocenters. The van der Waals surface area contributed by atoms with Crippen LogP contribution in [0, 0.1) is 12.8 Å². The van der Waals surface area contributed by atoms with Gasteiger partial charge >= 0.3 is 0 Å². The van der Waals surface area contributed by atoms with Gasteiger partial charge in [-0.3, -0.25) is 9.59 Å². The summed E-state index contributed by atoms with van der Waals surface area (Å²) in [6, 6.07) is 5.00. The second-order valence-corrected chi connectivity index (χ2v) is 3.65. The van der Waals surface area contributed by atoms with Crippen molar-refractivity contribution in [2.24, 2.45) is 0 Å². The summed E-state index contributed by atoms with van der Waals surface area (Å²) in [5.41, 5.74) is 0.482. The summed E-state index contributed by atoms with van der Waals surface area (Å²) in [6.45, 7) is 0.441. The van der Waals surface area contributed by atoms with Crippen LogP contribution < -0.4 is 14.8 Å². The van der Waals surface area contributed by atoms with E-state index in [1.807, 2.05) is 0 Å². The van der Waals surface area contributed by atoms with Crippen molar-refractivity contribution in [3.05, 3.63) is 23.8 Å². The summed E-state index contributed by atoms with van der Waals surface area (Å²) in [5, 5.41) is 2.54. The highest BCUT2D eigenvalue weighted by molar-refractivity contribution is 5.79. The van der Waals surface area contributed by atoms with Gasteiger partial charge in [0.1, 0.15) is 11.5 Å². The van der Waals surface area contributed by atoms with E-state index in [0.717, 1.165) is 6.29 Å². The first-order chi connectivity index (χ1) is 9.71. The first-order valence-electron chi connectivity index (χ1n) is 6.01. The molecule has 1 amide bonds. The third-order valence-corrected chi connectivity index (χ3v) is 2.43. The van der Waals surface area contributed by atoms with Gasteiger partial charge in [-0.25, -0.2) is 0 Å². The maximum atomic E-state index is 11.0. The minimum absolute atomic E-state index is 0.00696. The standard InChI is InChI=1S/C13H17NO4.C2H2/c1-14-13(16)4-3-7-18-11-6-5-10(9-15)12(8-11)17-2;1-2/h5-6,8-9H,3-4,7H2,1-2H3,(H,14,16);1-2H. The molecule has 0 heterocycles. The molecular formula is C15H19NO4. The SMILES string of the molecule is C#C.CNC(=O)CCCOc1ccc(C=O)c(OC)c1. The van der Waals surface area contributed by atoms with Crippen LogP contribution in [-0.2, 0) is 4.79 Å². The minimum atomic E-state index is -0.00696. The Kier molecular flexibility index (Phi) is 9.15. The molecule has 0 bridgehead atoms. The van der Waals surface area contributed by atoms with Gasteiger partial charge in [-0.05, 0) is 18.6 Å². The van der Waals surface area contributed by atoms with E-state index in [0.29, 0.717) is 36.5 Å². The van der Waals surface area contributed by atoms with E-state index in [4.69, 9.17) is 9.47 Å². The van der Waals surface area contributed by atoms with Crippen molar-refractivity contribution in [3.63, 3.8) is 0 Å². The summed E-state index contributed by atoms with van der Waals surface area (Å²) in [5.74, 6) is 1.09. The molecule has 0 radical (unpaired) electrons. The number of terminal acetylenes is 1. The summed E-state index contributed by atoms with van der Waals surface area (Å²) in [4.78, 5) is 21.7. The highest BCUT2D eigenvalue weighted by Gasteiger charge is 2.04. The fraction of sp³-hybridized carbons (Fsp3) is 0.333. The summed E-state index contributed by atoms with van der Waals surface area (Å²) in [7, 11) is 3.10. The van der Waals surface area contributed by atoms with E-state index in [9.17, 15) is 9.59 Å². The Bertz CT molecular complexity index is 454. The second-order valence-electron chi connectivity index (χ2n) is 3.65. The highest BCUT2D eigenvalue weighted by Crippen LogP contribution is 2.23. The van der Waals surface area contributed by atoms with Gasteiger partial charge in [0.2, 0.25) is 5.91 Å². The van der Waals surface area contributed by atoms with E-state index in [1.54, 1.807) is 25.2 Å². The Morgan fingerprint density at radius 2 is 2.10 bits per heavy atom. The van der Waals surface area contributed by atoms with Crippen molar-refractivity contribution in [1.82, 2.24) is 5.32 Å². The summed E-state index contributed by atoms with van der Waals surface area (Å²) < 4.78 is 10.5. The molecule has 1 aromatic carbocycles. The smallest absolute Gasteiger partial charge is 0.219 e. The zero-order valence-electron chi connectivity index (χ0n) is 11.7. The average Bonchev–Trinajstić information content (AvgIpc) is 2.52. The molecule has 0 aliphatic heterocycles. The number of carbonyl (C=O) groups is 2. The number of benzene rings is 1. The maximum absolute atomic E-state index is 11.0. The van der Waals surface area contributed by atoms with Gasteiger partial charge in [0.25, 0.3) is 0 Å². The Morgan fingerprint density at radius 3 is 2.65 bits per heavy atom. The molecule has 1 aromatic rings. The lowest BCUT2D eigenvalue weighted by Gasteiger charge is -2.09. The molecule has 0 atom stereocenters. The van der Waals surface area contributed by atoms with Crippen LogP contribution in [0.2, 0.25) is 0 Å². The maximum Gasteiger partial charge on any atom is 0.219 e. The fourth-order valence-electron chi connectivity index (χ4n) is 1.43. The number of rotatable bonds is 7. The van der Waals surface area contributed by atoms with Crippen LogP contribution in [-0.4, -0.2) is 33.0 Å². The first-order valence-corrected chi connectivity index (χ1v) is 6.01. The van der Waals surface area contributed by atoms with Gasteiger partial charge in [0.15, 0.2) is 6.29 Å². The number of carbonyl (C=O) groups excluding carboxylic acids is 2. The zero-order valence-corrected chi connectivity index (χ0v) is 11.7. The zero-order chi connectivity index (χ0) is 15.4. The van der Waals surface area contributed by atoms with Gasteiger partial charge in [-0.1, -0.05) is 0 Å². The molecule has 108 valence electrons. The lowest BCUT2D eigenvalue weighted by Crippen LogP contribution is -2.18.